The molecule has 338 valence electrons. The standard InChI is InChI=1S/C18H17N7O2.C14H13ClN6O.C10H16BNO3.CH4/c1-11-21-8-15(27-11)13-2-3-14-17(22-13)25(12-4-7-24(14)10-12)18(26)23-16-9-19-5-6-20-16;15-11-2-1-10-13(18-11)21(9-3-6-20(10)8-9)14(22)19-12-7-16-4-5-17-12;1-7-12-6-8(13-7)11-14-9(2,3)10(4,5)15-11;/h2-3,5-6,8-9,12H,4,7,10H2,1H3,(H,20,23,26);1-2,4-5,7,9H,3,6,8H2,(H,17,19,22);6H,1-5H3;1H4/t12-;9-;;/m00../s1. The first-order valence-electron chi connectivity index (χ1n) is 20.8. The monoisotopic (exact) mass is 904 g/mol. The summed E-state index contributed by atoms with van der Waals surface area (Å²) in [5.41, 5.74) is 2.49. The van der Waals surface area contributed by atoms with Gasteiger partial charge in [-0.25, -0.2) is 39.5 Å². The number of halogens is 1. The first-order valence-corrected chi connectivity index (χ1v) is 21.2. The van der Waals surface area contributed by atoms with Crippen LogP contribution in [0.25, 0.3) is 11.5 Å². The maximum Gasteiger partial charge on any atom is 0.534 e. The third-order valence-corrected chi connectivity index (χ3v) is 12.1. The van der Waals surface area contributed by atoms with Crippen molar-refractivity contribution in [1.82, 2.24) is 39.9 Å². The van der Waals surface area contributed by atoms with Crippen molar-refractivity contribution in [2.45, 2.75) is 85.1 Å². The second-order valence-electron chi connectivity index (χ2n) is 16.7. The Balaban J connectivity index is 0.000000137. The lowest BCUT2D eigenvalue weighted by molar-refractivity contribution is 0.00578. The van der Waals surface area contributed by atoms with E-state index in [0.717, 1.165) is 50.4 Å². The van der Waals surface area contributed by atoms with Crippen LogP contribution in [0.15, 0.2) is 82.7 Å². The highest BCUT2D eigenvalue weighted by atomic mass is 35.5. The number of nitrogens with one attached hydrogen (secondary N) is 2. The number of anilines is 6. The summed E-state index contributed by atoms with van der Waals surface area (Å²) < 4.78 is 22.6. The fourth-order valence-corrected chi connectivity index (χ4v) is 8.19. The first kappa shape index (κ1) is 44.9. The Bertz CT molecular complexity index is 2640. The maximum atomic E-state index is 13.0. The molecule has 2 N–H and O–H groups in total. The zero-order valence-electron chi connectivity index (χ0n) is 36.1. The van der Waals surface area contributed by atoms with E-state index >= 15 is 0 Å². The van der Waals surface area contributed by atoms with E-state index < -0.39 is 7.12 Å². The molecule has 5 aliphatic rings. The summed E-state index contributed by atoms with van der Waals surface area (Å²) in [6, 6.07) is 7.18. The molecule has 6 aromatic heterocycles. The summed E-state index contributed by atoms with van der Waals surface area (Å²) in [4.78, 5) is 67.0. The molecule has 6 aromatic rings. The van der Waals surface area contributed by atoms with Crippen molar-refractivity contribution in [3.63, 3.8) is 0 Å². The number of urea groups is 2. The van der Waals surface area contributed by atoms with Gasteiger partial charge < -0.3 is 27.9 Å². The van der Waals surface area contributed by atoms with Crippen molar-refractivity contribution in [3.05, 3.63) is 90.8 Å². The first-order chi connectivity index (χ1) is 30.7. The molecule has 0 unspecified atom stereocenters. The van der Waals surface area contributed by atoms with Crippen LogP contribution in [-0.4, -0.2) is 109 Å². The number of nitrogens with zero attached hydrogens (tertiary/aromatic N) is 12. The molecule has 22 heteroatoms. The van der Waals surface area contributed by atoms with Crippen LogP contribution < -0.4 is 35.9 Å². The summed E-state index contributed by atoms with van der Waals surface area (Å²) in [6.07, 6.45) is 14.3. The third-order valence-electron chi connectivity index (χ3n) is 11.9. The van der Waals surface area contributed by atoms with E-state index in [1.807, 2.05) is 45.9 Å². The average molecular weight is 905 g/mol. The van der Waals surface area contributed by atoms with Gasteiger partial charge in [-0.15, -0.1) is 0 Å². The van der Waals surface area contributed by atoms with Gasteiger partial charge in [0.05, 0.1) is 59.4 Å². The lowest BCUT2D eigenvalue weighted by Crippen LogP contribution is -2.48. The lowest BCUT2D eigenvalue weighted by Gasteiger charge is -2.35. The maximum absolute atomic E-state index is 13.0. The molecule has 3 saturated heterocycles. The van der Waals surface area contributed by atoms with Gasteiger partial charge in [-0.2, -0.15) is 0 Å². The molecule has 2 atom stereocenters. The number of fused-ring (bicyclic) bond motifs is 8. The van der Waals surface area contributed by atoms with Crippen molar-refractivity contribution >= 4 is 71.1 Å². The van der Waals surface area contributed by atoms with E-state index in [1.54, 1.807) is 60.7 Å². The number of oxazole rings is 2. The molecule has 65 heavy (non-hydrogen) atoms. The fourth-order valence-electron chi connectivity index (χ4n) is 8.05. The van der Waals surface area contributed by atoms with Crippen molar-refractivity contribution in [2.75, 3.05) is 56.4 Å². The normalized spacial score (nSPS) is 19.2. The van der Waals surface area contributed by atoms with Gasteiger partial charge in [-0.05, 0) is 64.8 Å². The minimum Gasteiger partial charge on any atom is -0.450 e. The van der Waals surface area contributed by atoms with Gasteiger partial charge in [0.2, 0.25) is 0 Å². The number of aryl methyl sites for hydroxylation is 2. The molecule has 11 heterocycles. The van der Waals surface area contributed by atoms with Crippen LogP contribution in [0.4, 0.5) is 44.2 Å². The van der Waals surface area contributed by atoms with Crippen molar-refractivity contribution in [3.8, 4) is 11.5 Å². The van der Waals surface area contributed by atoms with Crippen molar-refractivity contribution < 1.29 is 27.7 Å². The van der Waals surface area contributed by atoms with Crippen molar-refractivity contribution in [2.24, 2.45) is 0 Å². The molecule has 4 amide bonds. The van der Waals surface area contributed by atoms with Gasteiger partial charge >= 0.3 is 19.2 Å². The number of pyridine rings is 2. The van der Waals surface area contributed by atoms with Crippen molar-refractivity contribution in [1.29, 1.82) is 0 Å². The van der Waals surface area contributed by atoms with Crippen LogP contribution in [0.2, 0.25) is 5.15 Å². The zero-order chi connectivity index (χ0) is 44.8. The predicted molar refractivity (Wildman–Crippen MR) is 246 cm³/mol. The van der Waals surface area contributed by atoms with E-state index in [0.29, 0.717) is 57.3 Å². The smallest absolute Gasteiger partial charge is 0.450 e. The zero-order valence-corrected chi connectivity index (χ0v) is 36.9. The number of hydrogen-bond acceptors (Lipinski definition) is 16. The van der Waals surface area contributed by atoms with E-state index in [2.05, 4.69) is 55.3 Å². The topological polar surface area (TPSA) is 219 Å². The summed E-state index contributed by atoms with van der Waals surface area (Å²) >= 11 is 6.01. The highest BCUT2D eigenvalue weighted by molar-refractivity contribution is 6.60. The molecule has 4 bridgehead atoms. The minimum atomic E-state index is -0.448. The molecule has 5 aliphatic heterocycles. The Kier molecular flexibility index (Phi) is 12.5. The SMILES string of the molecule is C.Cc1ncc(-c2ccc3c(n2)N(C(=O)Nc2cnccn2)[C@H]2CCN3C2)o1.Cc1ncc(B2OC(C)(C)C(C)(C)O2)o1.O=C(Nc1cnccn1)N1c2nc(Cl)ccc2N2CC[C@H]1C2. The molecule has 0 radical (unpaired) electrons. The Morgan fingerprint density at radius 3 is 1.71 bits per heavy atom. The van der Waals surface area contributed by atoms with Crippen LogP contribution in [0.3, 0.4) is 0 Å². The molecule has 3 fully saturated rings. The number of amides is 4. The summed E-state index contributed by atoms with van der Waals surface area (Å²) in [5.74, 6) is 3.82. The minimum absolute atomic E-state index is 0. The van der Waals surface area contributed by atoms with Gasteiger partial charge in [0, 0.05) is 64.8 Å². The van der Waals surface area contributed by atoms with E-state index in [4.69, 9.17) is 34.7 Å². The van der Waals surface area contributed by atoms with E-state index in [1.165, 1.54) is 18.6 Å². The van der Waals surface area contributed by atoms with E-state index in [9.17, 15) is 9.59 Å². The highest BCUT2D eigenvalue weighted by Crippen LogP contribution is 2.42. The fraction of sp³-hybridized carbons (Fsp3) is 0.395. The molecular weight excluding hydrogens is 855 g/mol. The number of carbonyl (C=O) groups excluding carboxylic acids is 2. The molecule has 0 aromatic carbocycles. The Hall–Kier alpha value is -6.71. The average Bonchev–Trinajstić information content (AvgIpc) is 4.12. The number of rotatable bonds is 4. The molecular formula is C43H50BClN14O6. The van der Waals surface area contributed by atoms with Gasteiger partial charge in [-0.3, -0.25) is 30.4 Å². The molecule has 0 aliphatic carbocycles. The molecule has 20 nitrogen and oxygen atoms in total. The Morgan fingerprint density at radius 2 is 1.22 bits per heavy atom. The van der Waals surface area contributed by atoms with Crippen LogP contribution in [0.5, 0.6) is 0 Å². The van der Waals surface area contributed by atoms with Crippen LogP contribution in [0.1, 0.15) is 59.7 Å². The lowest BCUT2D eigenvalue weighted by atomic mass is 9.87. The molecule has 0 spiro atoms. The summed E-state index contributed by atoms with van der Waals surface area (Å²) in [7, 11) is -0.448. The molecule has 0 saturated carbocycles. The quantitative estimate of drug-likeness (QED) is 0.142. The summed E-state index contributed by atoms with van der Waals surface area (Å²) in [6.45, 7) is 15.0. The largest absolute Gasteiger partial charge is 0.534 e. The summed E-state index contributed by atoms with van der Waals surface area (Å²) in [5, 5.41) is 5.96. The predicted octanol–water partition coefficient (Wildman–Crippen LogP) is 6.54. The number of carbonyl (C=O) groups is 2. The Morgan fingerprint density at radius 1 is 0.692 bits per heavy atom. The van der Waals surface area contributed by atoms with Crippen LogP contribution >= 0.6 is 11.6 Å². The second-order valence-corrected chi connectivity index (χ2v) is 17.1. The van der Waals surface area contributed by atoms with Gasteiger partial charge in [0.15, 0.2) is 46.5 Å². The highest BCUT2D eigenvalue weighted by Gasteiger charge is 2.53. The third kappa shape index (κ3) is 9.16. The van der Waals surface area contributed by atoms with Gasteiger partial charge in [-0.1, -0.05) is 19.0 Å². The van der Waals surface area contributed by atoms with Crippen LogP contribution in [-0.2, 0) is 9.31 Å². The van der Waals surface area contributed by atoms with Gasteiger partial charge in [0.1, 0.15) is 10.8 Å². The van der Waals surface area contributed by atoms with Gasteiger partial charge in [0.25, 0.3) is 0 Å². The van der Waals surface area contributed by atoms with Crippen LogP contribution in [0, 0.1) is 13.8 Å². The Labute approximate surface area is 381 Å². The van der Waals surface area contributed by atoms with E-state index in [-0.39, 0.29) is 42.8 Å². The molecule has 11 rings (SSSR count). The number of aromatic nitrogens is 8. The number of hydrogen-bond donors (Lipinski definition) is 2. The second kappa shape index (κ2) is 18.1.